The lowest BCUT2D eigenvalue weighted by molar-refractivity contribution is -0.229. The molecule has 1 aromatic carbocycles. The molecule has 0 fully saturated rings. The Balaban J connectivity index is 2.96. The fourth-order valence-corrected chi connectivity index (χ4v) is 1.78. The lowest BCUT2D eigenvalue weighted by Gasteiger charge is -2.28. The van der Waals surface area contributed by atoms with Crippen molar-refractivity contribution in [2.45, 2.75) is 51.6 Å². The molecule has 0 radical (unpaired) electrons. The van der Waals surface area contributed by atoms with Gasteiger partial charge in [-0.1, -0.05) is 36.8 Å². The topological polar surface area (TPSA) is 35.2 Å². The van der Waals surface area contributed by atoms with Crippen molar-refractivity contribution in [3.63, 3.8) is 0 Å². The predicted molar refractivity (Wildman–Crippen MR) is 68.8 cm³/mol. The van der Waals surface area contributed by atoms with Gasteiger partial charge in [0.05, 0.1) is 6.10 Å². The molecule has 3 atom stereocenters. The van der Waals surface area contributed by atoms with Crippen molar-refractivity contribution in [3.05, 3.63) is 35.4 Å². The van der Waals surface area contributed by atoms with Crippen molar-refractivity contribution in [1.82, 2.24) is 0 Å². The molecule has 0 aromatic heterocycles. The zero-order chi connectivity index (χ0) is 14.6. The highest BCUT2D eigenvalue weighted by Crippen LogP contribution is 2.30. The quantitative estimate of drug-likeness (QED) is 0.888. The molecule has 0 saturated heterocycles. The van der Waals surface area contributed by atoms with Gasteiger partial charge in [0, 0.05) is 6.04 Å². The molecular weight excluding hydrogens is 255 g/mol. The fraction of sp³-hybridized carbons (Fsp3) is 0.571. The molecule has 0 amide bonds. The Kier molecular flexibility index (Phi) is 5.38. The van der Waals surface area contributed by atoms with E-state index in [2.05, 4.69) is 0 Å². The molecule has 5 heteroatoms. The second-order valence-electron chi connectivity index (χ2n) is 4.73. The van der Waals surface area contributed by atoms with Gasteiger partial charge in [0.15, 0.2) is 6.10 Å². The molecule has 0 aliphatic heterocycles. The summed E-state index contributed by atoms with van der Waals surface area (Å²) in [4.78, 5) is 0. The van der Waals surface area contributed by atoms with Gasteiger partial charge in [-0.3, -0.25) is 0 Å². The van der Waals surface area contributed by atoms with Crippen LogP contribution >= 0.6 is 0 Å². The molecule has 0 aliphatic rings. The molecule has 108 valence electrons. The van der Waals surface area contributed by atoms with E-state index in [1.165, 1.54) is 0 Å². The van der Waals surface area contributed by atoms with Crippen LogP contribution in [0.25, 0.3) is 0 Å². The Morgan fingerprint density at radius 1 is 1.32 bits per heavy atom. The van der Waals surface area contributed by atoms with Crippen LogP contribution in [-0.2, 0) is 4.74 Å². The van der Waals surface area contributed by atoms with Crippen molar-refractivity contribution < 1.29 is 17.9 Å². The first-order valence-corrected chi connectivity index (χ1v) is 6.30. The van der Waals surface area contributed by atoms with Crippen LogP contribution in [0.1, 0.15) is 37.5 Å². The second-order valence-corrected chi connectivity index (χ2v) is 4.73. The molecule has 1 aromatic rings. The molecule has 0 saturated carbocycles. The monoisotopic (exact) mass is 275 g/mol. The van der Waals surface area contributed by atoms with E-state index in [0.29, 0.717) is 12.0 Å². The number of hydrogen-bond acceptors (Lipinski definition) is 2. The Hall–Kier alpha value is -1.07. The van der Waals surface area contributed by atoms with E-state index in [0.717, 1.165) is 12.5 Å². The van der Waals surface area contributed by atoms with Crippen LogP contribution in [-0.4, -0.2) is 18.3 Å². The van der Waals surface area contributed by atoms with E-state index in [1.807, 2.05) is 26.0 Å². The third-order valence-electron chi connectivity index (χ3n) is 3.04. The standard InChI is InChI=1S/C14H20F3NO/c1-4-12(18)13(19-10(3)14(15,16)17)11-7-5-6-9(2)8-11/h5-8,10,12-13H,4,18H2,1-3H3. The van der Waals surface area contributed by atoms with Gasteiger partial charge in [-0.05, 0) is 25.8 Å². The lowest BCUT2D eigenvalue weighted by atomic mass is 9.99. The van der Waals surface area contributed by atoms with E-state index in [9.17, 15) is 13.2 Å². The van der Waals surface area contributed by atoms with Crippen LogP contribution in [0.2, 0.25) is 0 Å². The average molecular weight is 275 g/mol. The van der Waals surface area contributed by atoms with Gasteiger partial charge < -0.3 is 10.5 Å². The maximum Gasteiger partial charge on any atom is 0.414 e. The third kappa shape index (κ3) is 4.51. The van der Waals surface area contributed by atoms with Crippen molar-refractivity contribution >= 4 is 0 Å². The SMILES string of the molecule is CCC(N)C(OC(C)C(F)(F)F)c1cccc(C)c1. The van der Waals surface area contributed by atoms with Crippen LogP contribution in [0.3, 0.4) is 0 Å². The van der Waals surface area contributed by atoms with Gasteiger partial charge in [0.1, 0.15) is 0 Å². The fourth-order valence-electron chi connectivity index (χ4n) is 1.78. The zero-order valence-corrected chi connectivity index (χ0v) is 11.4. The Labute approximate surface area is 111 Å². The van der Waals surface area contributed by atoms with Crippen molar-refractivity contribution in [2.24, 2.45) is 5.73 Å². The Morgan fingerprint density at radius 3 is 2.42 bits per heavy atom. The normalized spacial score (nSPS) is 17.0. The largest absolute Gasteiger partial charge is 0.414 e. The summed E-state index contributed by atoms with van der Waals surface area (Å²) in [6, 6.07) is 6.76. The van der Waals surface area contributed by atoms with Crippen LogP contribution < -0.4 is 5.73 Å². The highest BCUT2D eigenvalue weighted by Gasteiger charge is 2.39. The minimum absolute atomic E-state index is 0.466. The Bertz CT molecular complexity index is 406. The van der Waals surface area contributed by atoms with E-state index in [4.69, 9.17) is 10.5 Å². The molecule has 2 nitrogen and oxygen atoms in total. The Morgan fingerprint density at radius 2 is 1.95 bits per heavy atom. The minimum Gasteiger partial charge on any atom is -0.360 e. The average Bonchev–Trinajstić information content (AvgIpc) is 2.33. The van der Waals surface area contributed by atoms with Gasteiger partial charge in [0.2, 0.25) is 0 Å². The number of halogens is 3. The number of aryl methyl sites for hydroxylation is 1. The van der Waals surface area contributed by atoms with E-state index in [-0.39, 0.29) is 0 Å². The van der Waals surface area contributed by atoms with Gasteiger partial charge in [-0.15, -0.1) is 0 Å². The van der Waals surface area contributed by atoms with E-state index < -0.39 is 24.4 Å². The highest BCUT2D eigenvalue weighted by molar-refractivity contribution is 5.25. The van der Waals surface area contributed by atoms with Crippen LogP contribution in [0.5, 0.6) is 0 Å². The molecule has 0 bridgehead atoms. The number of nitrogens with two attached hydrogens (primary N) is 1. The summed E-state index contributed by atoms with van der Waals surface area (Å²) in [5.41, 5.74) is 7.55. The number of ether oxygens (including phenoxy) is 1. The summed E-state index contributed by atoms with van der Waals surface area (Å²) in [6.45, 7) is 4.71. The maximum atomic E-state index is 12.6. The van der Waals surface area contributed by atoms with Gasteiger partial charge >= 0.3 is 6.18 Å². The second kappa shape index (κ2) is 6.39. The maximum absolute atomic E-state index is 12.6. The zero-order valence-electron chi connectivity index (χ0n) is 11.4. The van der Waals surface area contributed by atoms with Crippen molar-refractivity contribution in [3.8, 4) is 0 Å². The molecule has 19 heavy (non-hydrogen) atoms. The highest BCUT2D eigenvalue weighted by atomic mass is 19.4. The number of benzene rings is 1. The molecular formula is C14H20F3NO. The van der Waals surface area contributed by atoms with Crippen molar-refractivity contribution in [2.75, 3.05) is 0 Å². The number of hydrogen-bond donors (Lipinski definition) is 1. The summed E-state index contributed by atoms with van der Waals surface area (Å²) in [6.07, 6.45) is -6.42. The smallest absolute Gasteiger partial charge is 0.360 e. The predicted octanol–water partition coefficient (Wildman–Crippen LogP) is 3.74. The molecule has 2 N–H and O–H groups in total. The summed E-state index contributed by atoms with van der Waals surface area (Å²) in [7, 11) is 0. The van der Waals surface area contributed by atoms with E-state index in [1.54, 1.807) is 12.1 Å². The summed E-state index contributed by atoms with van der Waals surface area (Å²) < 4.78 is 43.0. The first kappa shape index (κ1) is 16.0. The number of alkyl halides is 3. The first-order valence-electron chi connectivity index (χ1n) is 6.30. The van der Waals surface area contributed by atoms with Crippen LogP contribution in [0, 0.1) is 6.92 Å². The first-order chi connectivity index (χ1) is 8.75. The van der Waals surface area contributed by atoms with Gasteiger partial charge in [-0.25, -0.2) is 0 Å². The summed E-state index contributed by atoms with van der Waals surface area (Å²) >= 11 is 0. The molecule has 0 aliphatic carbocycles. The van der Waals surface area contributed by atoms with Gasteiger partial charge in [0.25, 0.3) is 0 Å². The third-order valence-corrected chi connectivity index (χ3v) is 3.04. The summed E-state index contributed by atoms with van der Waals surface area (Å²) in [5, 5.41) is 0. The molecule has 0 spiro atoms. The van der Waals surface area contributed by atoms with E-state index >= 15 is 0 Å². The van der Waals surface area contributed by atoms with Gasteiger partial charge in [-0.2, -0.15) is 13.2 Å². The van der Waals surface area contributed by atoms with Crippen LogP contribution in [0.15, 0.2) is 24.3 Å². The molecule has 0 heterocycles. The molecule has 3 unspecified atom stereocenters. The number of rotatable bonds is 5. The van der Waals surface area contributed by atoms with Crippen LogP contribution in [0.4, 0.5) is 13.2 Å². The minimum atomic E-state index is -4.38. The van der Waals surface area contributed by atoms with Crippen molar-refractivity contribution in [1.29, 1.82) is 0 Å². The lowest BCUT2D eigenvalue weighted by Crippen LogP contribution is -2.37. The molecule has 1 rings (SSSR count). The summed E-state index contributed by atoms with van der Waals surface area (Å²) in [5.74, 6) is 0.